The van der Waals surface area contributed by atoms with E-state index in [1.54, 1.807) is 30.3 Å². The third-order valence-electron chi connectivity index (χ3n) is 5.17. The van der Waals surface area contributed by atoms with Crippen LogP contribution in [0.2, 0.25) is 0 Å². The first-order chi connectivity index (χ1) is 14.2. The quantitative estimate of drug-likeness (QED) is 0.730. The molecule has 6 nitrogen and oxygen atoms in total. The minimum absolute atomic E-state index is 0.0232. The zero-order valence-corrected chi connectivity index (χ0v) is 18.2. The molecule has 2 aromatic rings. The fourth-order valence-corrected chi connectivity index (χ4v) is 4.80. The highest BCUT2D eigenvalue weighted by molar-refractivity contribution is 7.91. The number of nitrogens with zero attached hydrogens (tertiary/aromatic N) is 1. The molecule has 1 aliphatic rings. The molecular formula is C23H28N2O4S. The lowest BCUT2D eigenvalue weighted by atomic mass is 10.0. The number of carbonyl (C=O) groups is 2. The highest BCUT2D eigenvalue weighted by Crippen LogP contribution is 2.19. The van der Waals surface area contributed by atoms with Gasteiger partial charge in [-0.15, -0.1) is 0 Å². The summed E-state index contributed by atoms with van der Waals surface area (Å²) < 4.78 is 24.9. The molecule has 0 aliphatic carbocycles. The van der Waals surface area contributed by atoms with E-state index in [0.717, 1.165) is 31.5 Å². The number of carbonyl (C=O) groups excluding carboxylic acids is 2. The minimum Gasteiger partial charge on any atom is -0.339 e. The van der Waals surface area contributed by atoms with Crippen molar-refractivity contribution in [2.24, 2.45) is 0 Å². The SMILES string of the molecule is CC(C)c1cccc(NC(=O)CS(=O)(=O)Cc2ccc(C(=O)N3CCCC3)cc2)c1. The van der Waals surface area contributed by atoms with Crippen molar-refractivity contribution in [1.29, 1.82) is 0 Å². The van der Waals surface area contributed by atoms with Crippen LogP contribution in [0.5, 0.6) is 0 Å². The molecule has 7 heteroatoms. The molecule has 0 radical (unpaired) electrons. The first kappa shape index (κ1) is 22.0. The first-order valence-corrected chi connectivity index (χ1v) is 12.0. The third-order valence-corrected chi connectivity index (χ3v) is 6.64. The molecule has 1 aliphatic heterocycles. The van der Waals surface area contributed by atoms with E-state index in [1.807, 2.05) is 23.1 Å². The summed E-state index contributed by atoms with van der Waals surface area (Å²) >= 11 is 0. The van der Waals surface area contributed by atoms with Crippen LogP contribution >= 0.6 is 0 Å². The van der Waals surface area contributed by atoms with Crippen molar-refractivity contribution in [2.45, 2.75) is 38.4 Å². The topological polar surface area (TPSA) is 83.5 Å². The van der Waals surface area contributed by atoms with Crippen molar-refractivity contribution < 1.29 is 18.0 Å². The molecule has 1 N–H and O–H groups in total. The summed E-state index contributed by atoms with van der Waals surface area (Å²) in [6.07, 6.45) is 2.04. The average molecular weight is 429 g/mol. The molecule has 3 rings (SSSR count). The van der Waals surface area contributed by atoms with Crippen molar-refractivity contribution in [3.8, 4) is 0 Å². The summed E-state index contributed by atoms with van der Waals surface area (Å²) in [5.41, 5.74) is 2.77. The number of sulfone groups is 1. The summed E-state index contributed by atoms with van der Waals surface area (Å²) in [7, 11) is -3.64. The van der Waals surface area contributed by atoms with Crippen molar-refractivity contribution in [3.63, 3.8) is 0 Å². The van der Waals surface area contributed by atoms with Crippen LogP contribution in [0.1, 0.15) is 54.1 Å². The molecule has 0 atom stereocenters. The van der Waals surface area contributed by atoms with Crippen molar-refractivity contribution >= 4 is 27.3 Å². The van der Waals surface area contributed by atoms with E-state index in [9.17, 15) is 18.0 Å². The van der Waals surface area contributed by atoms with E-state index < -0.39 is 21.5 Å². The number of hydrogen-bond acceptors (Lipinski definition) is 4. The fraction of sp³-hybridized carbons (Fsp3) is 0.391. The zero-order chi connectivity index (χ0) is 21.7. The molecule has 1 heterocycles. The lowest BCUT2D eigenvalue weighted by Crippen LogP contribution is -2.27. The number of amides is 2. The maximum atomic E-state index is 12.5. The van der Waals surface area contributed by atoms with E-state index in [2.05, 4.69) is 19.2 Å². The van der Waals surface area contributed by atoms with Gasteiger partial charge in [0.1, 0.15) is 5.75 Å². The molecule has 0 aromatic heterocycles. The number of rotatable bonds is 7. The van der Waals surface area contributed by atoms with Gasteiger partial charge in [0.05, 0.1) is 5.75 Å². The van der Waals surface area contributed by atoms with E-state index >= 15 is 0 Å². The van der Waals surface area contributed by atoms with Gasteiger partial charge in [-0.2, -0.15) is 0 Å². The van der Waals surface area contributed by atoms with Gasteiger partial charge in [0, 0.05) is 24.3 Å². The van der Waals surface area contributed by atoms with Crippen LogP contribution in [0.15, 0.2) is 48.5 Å². The molecule has 0 spiro atoms. The smallest absolute Gasteiger partial charge is 0.253 e. The molecule has 0 saturated carbocycles. The molecule has 160 valence electrons. The maximum Gasteiger partial charge on any atom is 0.253 e. The van der Waals surface area contributed by atoms with Crippen molar-refractivity contribution in [1.82, 2.24) is 4.90 Å². The Balaban J connectivity index is 1.58. The Morgan fingerprint density at radius 2 is 1.70 bits per heavy atom. The Labute approximate surface area is 178 Å². The maximum absolute atomic E-state index is 12.5. The van der Waals surface area contributed by atoms with Gasteiger partial charge < -0.3 is 10.2 Å². The Hall–Kier alpha value is -2.67. The average Bonchev–Trinajstić information content (AvgIpc) is 3.22. The molecule has 2 amide bonds. The van der Waals surface area contributed by atoms with Gasteiger partial charge in [0.2, 0.25) is 5.91 Å². The lowest BCUT2D eigenvalue weighted by Gasteiger charge is -2.15. The molecule has 1 saturated heterocycles. The van der Waals surface area contributed by atoms with Gasteiger partial charge in [-0.25, -0.2) is 8.42 Å². The van der Waals surface area contributed by atoms with E-state index in [-0.39, 0.29) is 11.7 Å². The van der Waals surface area contributed by atoms with Gasteiger partial charge in [-0.05, 0) is 54.2 Å². The second-order valence-corrected chi connectivity index (χ2v) is 10.1. The van der Waals surface area contributed by atoms with Crippen LogP contribution in [0.25, 0.3) is 0 Å². The predicted octanol–water partition coefficient (Wildman–Crippen LogP) is 3.60. The van der Waals surface area contributed by atoms with E-state index in [4.69, 9.17) is 0 Å². The molecule has 0 bridgehead atoms. The zero-order valence-electron chi connectivity index (χ0n) is 17.4. The van der Waals surface area contributed by atoms with Crippen LogP contribution in [-0.2, 0) is 20.4 Å². The van der Waals surface area contributed by atoms with Crippen LogP contribution in [0.3, 0.4) is 0 Å². The summed E-state index contributed by atoms with van der Waals surface area (Å²) in [6, 6.07) is 14.0. The highest BCUT2D eigenvalue weighted by atomic mass is 32.2. The Kier molecular flexibility index (Phi) is 6.92. The van der Waals surface area contributed by atoms with Gasteiger partial charge in [-0.3, -0.25) is 9.59 Å². The van der Waals surface area contributed by atoms with Gasteiger partial charge in [0.15, 0.2) is 9.84 Å². The van der Waals surface area contributed by atoms with Crippen molar-refractivity contribution in [3.05, 3.63) is 65.2 Å². The normalized spacial score (nSPS) is 14.2. The lowest BCUT2D eigenvalue weighted by molar-refractivity contribution is -0.113. The minimum atomic E-state index is -3.64. The van der Waals surface area contributed by atoms with Crippen molar-refractivity contribution in [2.75, 3.05) is 24.2 Å². The molecular weight excluding hydrogens is 400 g/mol. The standard InChI is InChI=1S/C23H28N2O4S/c1-17(2)20-6-5-7-21(14-20)24-22(26)16-30(28,29)15-18-8-10-19(11-9-18)23(27)25-12-3-4-13-25/h5-11,14,17H,3-4,12-13,15-16H2,1-2H3,(H,24,26). The van der Waals surface area contributed by atoms with Gasteiger partial charge >= 0.3 is 0 Å². The molecule has 0 unspecified atom stereocenters. The van der Waals surface area contributed by atoms with Crippen LogP contribution < -0.4 is 5.32 Å². The van der Waals surface area contributed by atoms with Gasteiger partial charge in [-0.1, -0.05) is 38.1 Å². The second kappa shape index (κ2) is 9.43. The van der Waals surface area contributed by atoms with E-state index in [0.29, 0.717) is 22.7 Å². The number of hydrogen-bond donors (Lipinski definition) is 1. The summed E-state index contributed by atoms with van der Waals surface area (Å²) in [6.45, 7) is 5.64. The van der Waals surface area contributed by atoms with Gasteiger partial charge in [0.25, 0.3) is 5.91 Å². The number of benzene rings is 2. The largest absolute Gasteiger partial charge is 0.339 e. The van der Waals surface area contributed by atoms with Crippen LogP contribution in [0.4, 0.5) is 5.69 Å². The van der Waals surface area contributed by atoms with E-state index in [1.165, 1.54) is 0 Å². The summed E-state index contributed by atoms with van der Waals surface area (Å²) in [5.74, 6) is -1.11. The fourth-order valence-electron chi connectivity index (χ4n) is 3.52. The highest BCUT2D eigenvalue weighted by Gasteiger charge is 2.21. The Morgan fingerprint density at radius 3 is 2.33 bits per heavy atom. The monoisotopic (exact) mass is 428 g/mol. The predicted molar refractivity (Wildman–Crippen MR) is 118 cm³/mol. The van der Waals surface area contributed by atoms with Crippen LogP contribution in [-0.4, -0.2) is 44.0 Å². The Bertz CT molecular complexity index is 1010. The van der Waals surface area contributed by atoms with Crippen LogP contribution in [0, 0.1) is 0 Å². The summed E-state index contributed by atoms with van der Waals surface area (Å²) in [4.78, 5) is 26.4. The first-order valence-electron chi connectivity index (χ1n) is 10.2. The molecule has 30 heavy (non-hydrogen) atoms. The Morgan fingerprint density at radius 1 is 1.03 bits per heavy atom. The number of nitrogens with one attached hydrogen (secondary N) is 1. The molecule has 1 fully saturated rings. The summed E-state index contributed by atoms with van der Waals surface area (Å²) in [5, 5.41) is 2.67. The third kappa shape index (κ3) is 5.92. The number of likely N-dealkylation sites (tertiary alicyclic amines) is 1. The second-order valence-electron chi connectivity index (χ2n) is 8.06. The molecule has 2 aromatic carbocycles. The number of anilines is 1.